The first-order chi connectivity index (χ1) is 13.6. The van der Waals surface area contributed by atoms with Crippen LogP contribution in [0.25, 0.3) is 22.6 Å². The van der Waals surface area contributed by atoms with E-state index in [9.17, 15) is 9.18 Å². The molecule has 8 heteroatoms. The zero-order valence-electron chi connectivity index (χ0n) is 15.6. The Morgan fingerprint density at radius 3 is 2.79 bits per heavy atom. The lowest BCUT2D eigenvalue weighted by atomic mass is 10.0. The second kappa shape index (κ2) is 7.75. The van der Waals surface area contributed by atoms with E-state index in [2.05, 4.69) is 20.3 Å². The van der Waals surface area contributed by atoms with E-state index >= 15 is 0 Å². The van der Waals surface area contributed by atoms with Crippen molar-refractivity contribution < 1.29 is 9.18 Å². The lowest BCUT2D eigenvalue weighted by Gasteiger charge is -2.16. The molecule has 1 aromatic carbocycles. The van der Waals surface area contributed by atoms with Crippen LogP contribution in [0, 0.1) is 5.82 Å². The molecule has 144 valence electrons. The number of rotatable bonds is 6. The van der Waals surface area contributed by atoms with E-state index in [1.165, 1.54) is 6.07 Å². The van der Waals surface area contributed by atoms with Crippen molar-refractivity contribution in [2.75, 3.05) is 25.0 Å². The third kappa shape index (κ3) is 3.58. The number of aromatic nitrogens is 4. The predicted molar refractivity (Wildman–Crippen MR) is 104 cm³/mol. The molecule has 4 rings (SSSR count). The maximum Gasteiger partial charge on any atom is 0.223 e. The van der Waals surface area contributed by atoms with E-state index in [0.29, 0.717) is 48.1 Å². The van der Waals surface area contributed by atoms with Gasteiger partial charge in [0.05, 0.1) is 0 Å². The maximum atomic E-state index is 14.4. The van der Waals surface area contributed by atoms with E-state index < -0.39 is 0 Å². The van der Waals surface area contributed by atoms with Crippen molar-refractivity contribution in [3.05, 3.63) is 48.7 Å². The summed E-state index contributed by atoms with van der Waals surface area (Å²) in [7, 11) is 1.86. The Labute approximate surface area is 162 Å². The Kier molecular flexibility index (Phi) is 5.01. The molecular formula is C20H21FN6O. The van der Waals surface area contributed by atoms with Crippen molar-refractivity contribution in [1.82, 2.24) is 24.4 Å². The second-order valence-corrected chi connectivity index (χ2v) is 6.71. The van der Waals surface area contributed by atoms with Gasteiger partial charge in [-0.05, 0) is 12.5 Å². The topological polar surface area (TPSA) is 75.9 Å². The van der Waals surface area contributed by atoms with Crippen LogP contribution in [0.3, 0.4) is 0 Å². The molecule has 0 bridgehead atoms. The monoisotopic (exact) mass is 380 g/mol. The number of hydrogen-bond donors (Lipinski definition) is 1. The van der Waals surface area contributed by atoms with Gasteiger partial charge in [0.1, 0.15) is 11.5 Å². The Balaban J connectivity index is 1.62. The Bertz CT molecular complexity index is 1000. The Hall–Kier alpha value is -3.29. The zero-order chi connectivity index (χ0) is 19.5. The van der Waals surface area contributed by atoms with Crippen molar-refractivity contribution in [1.29, 1.82) is 0 Å². The highest BCUT2D eigenvalue weighted by molar-refractivity contribution is 5.79. The number of imidazole rings is 1. The largest absolute Gasteiger partial charge is 0.352 e. The van der Waals surface area contributed by atoms with Crippen LogP contribution >= 0.6 is 0 Å². The van der Waals surface area contributed by atoms with Crippen LogP contribution in [0.4, 0.5) is 10.3 Å². The number of likely N-dealkylation sites (tertiary alicyclic amines) is 1. The molecule has 0 aliphatic carbocycles. The van der Waals surface area contributed by atoms with Gasteiger partial charge in [0, 0.05) is 62.8 Å². The van der Waals surface area contributed by atoms with Crippen LogP contribution in [0.5, 0.6) is 0 Å². The van der Waals surface area contributed by atoms with Gasteiger partial charge in [0.15, 0.2) is 5.82 Å². The highest BCUT2D eigenvalue weighted by atomic mass is 19.1. The molecule has 1 saturated heterocycles. The van der Waals surface area contributed by atoms with Crippen molar-refractivity contribution in [2.24, 2.45) is 7.05 Å². The molecule has 1 aliphatic heterocycles. The van der Waals surface area contributed by atoms with Crippen LogP contribution in [0.2, 0.25) is 0 Å². The molecule has 7 nitrogen and oxygen atoms in total. The van der Waals surface area contributed by atoms with Gasteiger partial charge in [-0.2, -0.15) is 0 Å². The van der Waals surface area contributed by atoms with Gasteiger partial charge in [-0.25, -0.2) is 19.3 Å². The third-order valence-electron chi connectivity index (χ3n) is 4.82. The van der Waals surface area contributed by atoms with Gasteiger partial charge >= 0.3 is 0 Å². The first-order valence-corrected chi connectivity index (χ1v) is 9.25. The van der Waals surface area contributed by atoms with E-state index in [-0.39, 0.29) is 11.7 Å². The van der Waals surface area contributed by atoms with E-state index in [1.54, 1.807) is 30.6 Å². The summed E-state index contributed by atoms with van der Waals surface area (Å²) in [6.07, 6.45) is 6.63. The Morgan fingerprint density at radius 1 is 1.21 bits per heavy atom. The number of nitrogens with zero attached hydrogens (tertiary/aromatic N) is 5. The average molecular weight is 380 g/mol. The van der Waals surface area contributed by atoms with Crippen molar-refractivity contribution >= 4 is 11.9 Å². The summed E-state index contributed by atoms with van der Waals surface area (Å²) in [6.45, 7) is 1.95. The second-order valence-electron chi connectivity index (χ2n) is 6.71. The molecule has 28 heavy (non-hydrogen) atoms. The van der Waals surface area contributed by atoms with Gasteiger partial charge in [0.2, 0.25) is 11.9 Å². The van der Waals surface area contributed by atoms with Gasteiger partial charge in [-0.15, -0.1) is 0 Å². The molecule has 3 aromatic rings. The number of amides is 1. The zero-order valence-corrected chi connectivity index (χ0v) is 15.6. The first kappa shape index (κ1) is 18.1. The van der Waals surface area contributed by atoms with E-state index in [1.807, 2.05) is 22.7 Å². The van der Waals surface area contributed by atoms with E-state index in [0.717, 1.165) is 13.0 Å². The minimum atomic E-state index is -0.338. The van der Waals surface area contributed by atoms with Crippen molar-refractivity contribution in [3.63, 3.8) is 0 Å². The number of carbonyl (C=O) groups excluding carboxylic acids is 1. The molecule has 0 saturated carbocycles. The summed E-state index contributed by atoms with van der Waals surface area (Å²) < 4.78 is 16.2. The predicted octanol–water partition coefficient (Wildman–Crippen LogP) is 2.72. The molecule has 1 N–H and O–H groups in total. The summed E-state index contributed by atoms with van der Waals surface area (Å²) in [4.78, 5) is 26.9. The SMILES string of the molecule is Cn1ccnc1-c1nc(NCCN2CCCC2=O)ncc1-c1ccccc1F. The molecule has 1 aliphatic rings. The summed E-state index contributed by atoms with van der Waals surface area (Å²) >= 11 is 0. The Morgan fingerprint density at radius 2 is 2.07 bits per heavy atom. The lowest BCUT2D eigenvalue weighted by Crippen LogP contribution is -2.30. The quantitative estimate of drug-likeness (QED) is 0.712. The fourth-order valence-electron chi connectivity index (χ4n) is 3.35. The summed E-state index contributed by atoms with van der Waals surface area (Å²) in [5.41, 5.74) is 1.55. The number of aryl methyl sites for hydroxylation is 1. The molecule has 0 unspecified atom stereocenters. The maximum absolute atomic E-state index is 14.4. The van der Waals surface area contributed by atoms with Gasteiger partial charge in [-0.1, -0.05) is 18.2 Å². The molecular weight excluding hydrogens is 359 g/mol. The molecule has 0 atom stereocenters. The van der Waals surface area contributed by atoms with Gasteiger partial charge in [-0.3, -0.25) is 4.79 Å². The molecule has 1 amide bonds. The van der Waals surface area contributed by atoms with Gasteiger partial charge < -0.3 is 14.8 Å². The van der Waals surface area contributed by atoms with Crippen LogP contribution in [-0.2, 0) is 11.8 Å². The highest BCUT2D eigenvalue weighted by Crippen LogP contribution is 2.31. The molecule has 0 spiro atoms. The number of hydrogen-bond acceptors (Lipinski definition) is 5. The number of carbonyl (C=O) groups is 1. The van der Waals surface area contributed by atoms with Crippen LogP contribution in [-0.4, -0.2) is 50.0 Å². The fraction of sp³-hybridized carbons (Fsp3) is 0.300. The summed E-state index contributed by atoms with van der Waals surface area (Å²) in [6, 6.07) is 6.54. The number of benzene rings is 1. The first-order valence-electron chi connectivity index (χ1n) is 9.25. The summed E-state index contributed by atoms with van der Waals surface area (Å²) in [5, 5.41) is 3.16. The minimum Gasteiger partial charge on any atom is -0.352 e. The van der Waals surface area contributed by atoms with Crippen molar-refractivity contribution in [3.8, 4) is 22.6 Å². The lowest BCUT2D eigenvalue weighted by molar-refractivity contribution is -0.127. The molecule has 2 aromatic heterocycles. The third-order valence-corrected chi connectivity index (χ3v) is 4.82. The highest BCUT2D eigenvalue weighted by Gasteiger charge is 2.20. The molecule has 1 fully saturated rings. The smallest absolute Gasteiger partial charge is 0.223 e. The normalized spacial score (nSPS) is 13.9. The molecule has 3 heterocycles. The number of anilines is 1. The minimum absolute atomic E-state index is 0.186. The van der Waals surface area contributed by atoms with Crippen molar-refractivity contribution in [2.45, 2.75) is 12.8 Å². The van der Waals surface area contributed by atoms with Crippen LogP contribution in [0.15, 0.2) is 42.9 Å². The average Bonchev–Trinajstić information content (AvgIpc) is 3.30. The number of halogens is 1. The standard InChI is InChI=1S/C20H21FN6O/c1-26-11-8-22-19(26)18-15(14-5-2-3-6-16(14)21)13-24-20(25-18)23-9-12-27-10-4-7-17(27)28/h2-3,5-6,8,11,13H,4,7,9-10,12H2,1H3,(H,23,24,25). The van der Waals surface area contributed by atoms with E-state index in [4.69, 9.17) is 0 Å². The summed E-state index contributed by atoms with van der Waals surface area (Å²) in [5.74, 6) is 0.893. The van der Waals surface area contributed by atoms with Gasteiger partial charge in [0.25, 0.3) is 0 Å². The van der Waals surface area contributed by atoms with Crippen LogP contribution < -0.4 is 5.32 Å². The fourth-order valence-corrected chi connectivity index (χ4v) is 3.35. The number of nitrogens with one attached hydrogen (secondary N) is 1. The van der Waals surface area contributed by atoms with Crippen LogP contribution in [0.1, 0.15) is 12.8 Å². The molecule has 0 radical (unpaired) electrons.